The van der Waals surface area contributed by atoms with Crippen LogP contribution in [0.4, 0.5) is 11.4 Å². The van der Waals surface area contributed by atoms with E-state index in [0.717, 1.165) is 23.1 Å². The van der Waals surface area contributed by atoms with E-state index in [9.17, 15) is 5.11 Å². The molecule has 1 aromatic carbocycles. The lowest BCUT2D eigenvalue weighted by Gasteiger charge is -2.36. The standard InChI is InChI=1S/C12H16N4O2/c13-10-3-8-5-14-15-11(8)4-12(10)16-1-2-18-7-9(16)6-17/h3-5,9,17H,1-2,6-7,13H2,(H,14,15). The molecular weight excluding hydrogens is 232 g/mol. The minimum absolute atomic E-state index is 0.0404. The third-order valence-electron chi connectivity index (χ3n) is 3.34. The quantitative estimate of drug-likeness (QED) is 0.667. The molecule has 1 aliphatic heterocycles. The summed E-state index contributed by atoms with van der Waals surface area (Å²) in [4.78, 5) is 2.10. The maximum absolute atomic E-state index is 9.40. The molecule has 0 amide bonds. The molecule has 3 rings (SSSR count). The van der Waals surface area contributed by atoms with Gasteiger partial charge < -0.3 is 20.5 Å². The Morgan fingerprint density at radius 2 is 2.44 bits per heavy atom. The number of morpholine rings is 1. The van der Waals surface area contributed by atoms with Crippen LogP contribution in [-0.2, 0) is 4.74 Å². The van der Waals surface area contributed by atoms with Gasteiger partial charge in [0.25, 0.3) is 0 Å². The normalized spacial score (nSPS) is 20.5. The summed E-state index contributed by atoms with van der Waals surface area (Å²) in [6, 6.07) is 3.84. The van der Waals surface area contributed by atoms with E-state index in [0.29, 0.717) is 18.9 Å². The Kier molecular flexibility index (Phi) is 2.81. The van der Waals surface area contributed by atoms with Crippen molar-refractivity contribution in [3.63, 3.8) is 0 Å². The highest BCUT2D eigenvalue weighted by molar-refractivity contribution is 5.89. The third kappa shape index (κ3) is 1.79. The number of hydrogen-bond donors (Lipinski definition) is 3. The van der Waals surface area contributed by atoms with Crippen LogP contribution >= 0.6 is 0 Å². The minimum atomic E-state index is -0.0404. The molecule has 0 spiro atoms. The van der Waals surface area contributed by atoms with Gasteiger partial charge >= 0.3 is 0 Å². The van der Waals surface area contributed by atoms with Crippen molar-refractivity contribution in [1.82, 2.24) is 10.2 Å². The number of aliphatic hydroxyl groups is 1. The Hall–Kier alpha value is -1.79. The molecule has 6 heteroatoms. The number of rotatable bonds is 2. The van der Waals surface area contributed by atoms with Gasteiger partial charge in [0.2, 0.25) is 0 Å². The van der Waals surface area contributed by atoms with Crippen molar-refractivity contribution in [2.75, 3.05) is 37.0 Å². The summed E-state index contributed by atoms with van der Waals surface area (Å²) in [5.74, 6) is 0. The molecule has 96 valence electrons. The smallest absolute Gasteiger partial charge is 0.0756 e. The van der Waals surface area contributed by atoms with Gasteiger partial charge in [-0.2, -0.15) is 5.10 Å². The summed E-state index contributed by atoms with van der Waals surface area (Å²) in [6.07, 6.45) is 1.75. The second-order valence-corrected chi connectivity index (χ2v) is 4.47. The highest BCUT2D eigenvalue weighted by Crippen LogP contribution is 2.30. The molecule has 1 aliphatic rings. The molecule has 18 heavy (non-hydrogen) atoms. The summed E-state index contributed by atoms with van der Waals surface area (Å²) in [7, 11) is 0. The highest BCUT2D eigenvalue weighted by Gasteiger charge is 2.24. The molecular formula is C12H16N4O2. The first-order valence-electron chi connectivity index (χ1n) is 5.97. The van der Waals surface area contributed by atoms with Gasteiger partial charge in [-0.1, -0.05) is 0 Å². The largest absolute Gasteiger partial charge is 0.397 e. The van der Waals surface area contributed by atoms with Crippen molar-refractivity contribution in [1.29, 1.82) is 0 Å². The number of nitrogen functional groups attached to an aromatic ring is 1. The van der Waals surface area contributed by atoms with Gasteiger partial charge in [-0.15, -0.1) is 0 Å². The number of fused-ring (bicyclic) bond motifs is 1. The van der Waals surface area contributed by atoms with Gasteiger partial charge in [0.15, 0.2) is 0 Å². The third-order valence-corrected chi connectivity index (χ3v) is 3.34. The molecule has 0 bridgehead atoms. The monoisotopic (exact) mass is 248 g/mol. The van der Waals surface area contributed by atoms with Crippen molar-refractivity contribution in [3.8, 4) is 0 Å². The highest BCUT2D eigenvalue weighted by atomic mass is 16.5. The number of nitrogens with one attached hydrogen (secondary N) is 1. The van der Waals surface area contributed by atoms with Crippen molar-refractivity contribution in [2.24, 2.45) is 0 Å². The molecule has 2 aromatic rings. The molecule has 1 unspecified atom stereocenters. The molecule has 1 aromatic heterocycles. The Labute approximate surface area is 104 Å². The second kappa shape index (κ2) is 4.47. The van der Waals surface area contributed by atoms with Crippen LogP contribution in [-0.4, -0.2) is 47.7 Å². The SMILES string of the molecule is Nc1cc2cn[nH]c2cc1N1CCOCC1CO. The van der Waals surface area contributed by atoms with E-state index in [2.05, 4.69) is 15.1 Å². The van der Waals surface area contributed by atoms with Crippen LogP contribution in [0.3, 0.4) is 0 Å². The summed E-state index contributed by atoms with van der Waals surface area (Å²) >= 11 is 0. The maximum Gasteiger partial charge on any atom is 0.0756 e. The fourth-order valence-corrected chi connectivity index (χ4v) is 2.37. The van der Waals surface area contributed by atoms with Crippen molar-refractivity contribution in [3.05, 3.63) is 18.3 Å². The lowest BCUT2D eigenvalue weighted by molar-refractivity contribution is 0.0728. The van der Waals surface area contributed by atoms with Gasteiger partial charge in [0.1, 0.15) is 0 Å². The zero-order chi connectivity index (χ0) is 12.5. The van der Waals surface area contributed by atoms with E-state index >= 15 is 0 Å². The Morgan fingerprint density at radius 3 is 3.28 bits per heavy atom. The van der Waals surface area contributed by atoms with Crippen molar-refractivity contribution < 1.29 is 9.84 Å². The average Bonchev–Trinajstić information content (AvgIpc) is 2.84. The molecule has 1 fully saturated rings. The summed E-state index contributed by atoms with van der Waals surface area (Å²) < 4.78 is 5.37. The molecule has 6 nitrogen and oxygen atoms in total. The van der Waals surface area contributed by atoms with Gasteiger partial charge in [-0.05, 0) is 12.1 Å². The zero-order valence-electron chi connectivity index (χ0n) is 9.97. The zero-order valence-corrected chi connectivity index (χ0v) is 9.97. The lowest BCUT2D eigenvalue weighted by atomic mass is 10.1. The molecule has 0 aliphatic carbocycles. The van der Waals surface area contributed by atoms with Gasteiger partial charge in [0.05, 0.1) is 49.0 Å². The number of nitrogens with two attached hydrogens (primary N) is 1. The average molecular weight is 248 g/mol. The van der Waals surface area contributed by atoms with Crippen LogP contribution in [0.5, 0.6) is 0 Å². The number of H-pyrrole nitrogens is 1. The van der Waals surface area contributed by atoms with E-state index in [4.69, 9.17) is 10.5 Å². The second-order valence-electron chi connectivity index (χ2n) is 4.47. The van der Waals surface area contributed by atoms with E-state index in [1.54, 1.807) is 6.20 Å². The number of nitrogens with zero attached hydrogens (tertiary/aromatic N) is 2. The number of benzene rings is 1. The summed E-state index contributed by atoms with van der Waals surface area (Å²) in [5, 5.41) is 17.3. The van der Waals surface area contributed by atoms with E-state index < -0.39 is 0 Å². The minimum Gasteiger partial charge on any atom is -0.397 e. The van der Waals surface area contributed by atoms with Crippen molar-refractivity contribution >= 4 is 22.3 Å². The Balaban J connectivity index is 2.03. The molecule has 0 saturated carbocycles. The molecule has 1 saturated heterocycles. The maximum atomic E-state index is 9.40. The van der Waals surface area contributed by atoms with Crippen LogP contribution < -0.4 is 10.6 Å². The van der Waals surface area contributed by atoms with Crippen LogP contribution in [0, 0.1) is 0 Å². The lowest BCUT2D eigenvalue weighted by Crippen LogP contribution is -2.47. The van der Waals surface area contributed by atoms with E-state index in [1.165, 1.54) is 0 Å². The van der Waals surface area contributed by atoms with Crippen LogP contribution in [0.25, 0.3) is 10.9 Å². The fraction of sp³-hybridized carbons (Fsp3) is 0.417. The predicted molar refractivity (Wildman–Crippen MR) is 69.5 cm³/mol. The first kappa shape index (κ1) is 11.3. The molecule has 2 heterocycles. The van der Waals surface area contributed by atoms with Crippen LogP contribution in [0.2, 0.25) is 0 Å². The van der Waals surface area contributed by atoms with Gasteiger partial charge in [-0.25, -0.2) is 0 Å². The fourth-order valence-electron chi connectivity index (χ4n) is 2.37. The Bertz CT molecular complexity index is 554. The molecule has 0 radical (unpaired) electrons. The summed E-state index contributed by atoms with van der Waals surface area (Å²) in [6.45, 7) is 1.96. The van der Waals surface area contributed by atoms with Gasteiger partial charge in [0, 0.05) is 11.9 Å². The number of anilines is 2. The van der Waals surface area contributed by atoms with Crippen LogP contribution in [0.1, 0.15) is 0 Å². The summed E-state index contributed by atoms with van der Waals surface area (Å²) in [5.41, 5.74) is 8.66. The number of hydrogen-bond acceptors (Lipinski definition) is 5. The van der Waals surface area contributed by atoms with E-state index in [1.807, 2.05) is 12.1 Å². The van der Waals surface area contributed by atoms with E-state index in [-0.39, 0.29) is 12.6 Å². The first-order chi connectivity index (χ1) is 8.79. The number of ether oxygens (including phenoxy) is 1. The number of aliphatic hydroxyl groups excluding tert-OH is 1. The van der Waals surface area contributed by atoms with Crippen molar-refractivity contribution in [2.45, 2.75) is 6.04 Å². The molecule has 4 N–H and O–H groups in total. The van der Waals surface area contributed by atoms with Crippen LogP contribution in [0.15, 0.2) is 18.3 Å². The Morgan fingerprint density at radius 1 is 1.56 bits per heavy atom. The molecule has 1 atom stereocenters. The predicted octanol–water partition coefficient (Wildman–Crippen LogP) is 0.343. The number of aromatic nitrogens is 2. The number of aromatic amines is 1. The first-order valence-corrected chi connectivity index (χ1v) is 5.97. The van der Waals surface area contributed by atoms with Gasteiger partial charge in [-0.3, -0.25) is 5.10 Å². The topological polar surface area (TPSA) is 87.4 Å².